The SMILES string of the molecule is CC/C=C\C/C=C\C/C=C\C/C=C\C/C=C\C/C=C\CCC(=O)OCC(COP(=O)(O)OCC(O)COP(=O)(O)OCC(COC(=O)C/C=C\C/C=C\C/C=C\C/C=C\C/C=C\CC)OC(=O)CCCC/C=C\C/C=C\C/C=C\C/C=C\CC)OC(=O)CCCCCCC/C=C\C/C=C\CCCCC. The lowest BCUT2D eigenvalue weighted by Crippen LogP contribution is -2.30. The first-order valence-corrected chi connectivity index (χ1v) is 41.3. The third-order valence-corrected chi connectivity index (χ3v) is 16.7. The van der Waals surface area contributed by atoms with Gasteiger partial charge in [0.25, 0.3) is 0 Å². The molecule has 0 aliphatic heterocycles. The van der Waals surface area contributed by atoms with Gasteiger partial charge in [0.15, 0.2) is 12.2 Å². The largest absolute Gasteiger partial charge is 0.472 e. The highest BCUT2D eigenvalue weighted by molar-refractivity contribution is 7.47. The van der Waals surface area contributed by atoms with Crippen LogP contribution in [0.4, 0.5) is 0 Å². The summed E-state index contributed by atoms with van der Waals surface area (Å²) in [5, 5.41) is 10.6. The number of phosphoric acid groups is 2. The van der Waals surface area contributed by atoms with Crippen molar-refractivity contribution in [1.29, 1.82) is 0 Å². The van der Waals surface area contributed by atoms with Crippen LogP contribution in [0.25, 0.3) is 0 Å². The third-order valence-electron chi connectivity index (χ3n) is 14.8. The number of allylic oxidation sites excluding steroid dienone is 33. The summed E-state index contributed by atoms with van der Waals surface area (Å²) in [6, 6.07) is 0. The molecule has 0 aromatic rings. The van der Waals surface area contributed by atoms with Crippen LogP contribution < -0.4 is 0 Å². The van der Waals surface area contributed by atoms with Crippen molar-refractivity contribution in [3.8, 4) is 0 Å². The summed E-state index contributed by atoms with van der Waals surface area (Å²) in [4.78, 5) is 72.8. The van der Waals surface area contributed by atoms with Gasteiger partial charge in [0.05, 0.1) is 32.8 Å². The molecule has 0 spiro atoms. The minimum Gasteiger partial charge on any atom is -0.462 e. The van der Waals surface area contributed by atoms with E-state index < -0.39 is 97.5 Å². The van der Waals surface area contributed by atoms with Gasteiger partial charge in [0.1, 0.15) is 19.3 Å². The summed E-state index contributed by atoms with van der Waals surface area (Å²) in [5.41, 5.74) is 0. The molecule has 0 amide bonds. The van der Waals surface area contributed by atoms with Gasteiger partial charge in [0.2, 0.25) is 0 Å². The van der Waals surface area contributed by atoms with Gasteiger partial charge in [-0.05, 0) is 161 Å². The molecule has 0 radical (unpaired) electrons. The second-order valence-electron chi connectivity index (χ2n) is 24.5. The maximum Gasteiger partial charge on any atom is 0.472 e. The number of phosphoric ester groups is 2. The average molecular weight is 1490 g/mol. The Kier molecular flexibility index (Phi) is 70.3. The van der Waals surface area contributed by atoms with Crippen molar-refractivity contribution < 1.29 is 80.2 Å². The van der Waals surface area contributed by atoms with Crippen LogP contribution in [0.3, 0.4) is 0 Å². The molecular weight excluding hydrogens is 1350 g/mol. The predicted octanol–water partition coefficient (Wildman–Crippen LogP) is 22.3. The summed E-state index contributed by atoms with van der Waals surface area (Å²) in [7, 11) is -10.0. The molecule has 5 unspecified atom stereocenters. The minimum atomic E-state index is -5.02. The molecule has 0 fully saturated rings. The molecule has 0 aromatic heterocycles. The highest BCUT2D eigenvalue weighted by Crippen LogP contribution is 2.45. The van der Waals surface area contributed by atoms with Gasteiger partial charge in [-0.2, -0.15) is 0 Å². The van der Waals surface area contributed by atoms with Crippen molar-refractivity contribution in [2.24, 2.45) is 0 Å². The molecule has 584 valence electrons. The minimum absolute atomic E-state index is 0.0124. The van der Waals surface area contributed by atoms with Gasteiger partial charge >= 0.3 is 39.5 Å². The zero-order valence-electron chi connectivity index (χ0n) is 63.6. The first-order valence-electron chi connectivity index (χ1n) is 38.3. The quantitative estimate of drug-likeness (QED) is 0.0169. The van der Waals surface area contributed by atoms with E-state index in [-0.39, 0.29) is 25.7 Å². The van der Waals surface area contributed by atoms with Crippen molar-refractivity contribution in [2.75, 3.05) is 39.6 Å². The monoisotopic (exact) mass is 1490 g/mol. The van der Waals surface area contributed by atoms with Crippen LogP contribution >= 0.6 is 15.6 Å². The number of rotatable bonds is 69. The molecule has 0 saturated heterocycles. The van der Waals surface area contributed by atoms with Crippen molar-refractivity contribution >= 4 is 39.5 Å². The fourth-order valence-corrected chi connectivity index (χ4v) is 10.6. The van der Waals surface area contributed by atoms with Crippen molar-refractivity contribution in [2.45, 2.75) is 264 Å². The maximum absolute atomic E-state index is 13.1. The predicted molar refractivity (Wildman–Crippen MR) is 426 cm³/mol. The molecule has 0 aliphatic carbocycles. The van der Waals surface area contributed by atoms with Crippen molar-refractivity contribution in [1.82, 2.24) is 0 Å². The van der Waals surface area contributed by atoms with E-state index in [0.29, 0.717) is 38.5 Å². The standard InChI is InChI=1S/C85H132O17P2/c1-5-9-13-17-21-25-29-33-37-38-39-40-44-46-50-54-58-62-66-70-83(88)96-76-81(102-85(90)72-68-64-60-56-52-48-43-36-32-28-24-20-16-12-8-4)78-100-104(93,94)98-74-79(86)73-97-103(91,92)99-77-80(101-84(89)71-67-63-59-55-51-47-42-35-31-27-23-19-15-11-7-3)75-95-82(87)69-65-61-57-53-49-45-41-34-30-26-22-18-14-10-6-2/h9-11,13-15,21-28,33-37,39-43,46,49-51,53,55,58,61-62,65,79-81,86H,5-8,12,16-20,29-32,38,44-45,47-48,52,54,56-57,59-60,63-64,66-78H2,1-4H3,(H,91,92)(H,93,94)/b13-9-,14-10-,15-11-,25-21-,26-22-,27-23-,28-24-,37-33-,40-39-,41-34-,42-35-,43-36-,50-46-,53-49-,55-51-,62-58-,65-61-. The van der Waals surface area contributed by atoms with Crippen LogP contribution in [0.2, 0.25) is 0 Å². The van der Waals surface area contributed by atoms with E-state index in [0.717, 1.165) is 135 Å². The Morgan fingerprint density at radius 2 is 0.558 bits per heavy atom. The second-order valence-corrected chi connectivity index (χ2v) is 27.4. The highest BCUT2D eigenvalue weighted by atomic mass is 31.2. The fraction of sp³-hybridized carbons (Fsp3) is 0.553. The Morgan fingerprint density at radius 3 is 0.913 bits per heavy atom. The summed E-state index contributed by atoms with van der Waals surface area (Å²) >= 11 is 0. The van der Waals surface area contributed by atoms with Crippen LogP contribution in [-0.2, 0) is 65.4 Å². The number of unbranched alkanes of at least 4 members (excludes halogenated alkanes) is 10. The van der Waals surface area contributed by atoms with E-state index in [1.54, 1.807) is 6.08 Å². The normalized spacial score (nSPS) is 15.0. The third kappa shape index (κ3) is 73.9. The molecule has 0 aliphatic rings. The maximum atomic E-state index is 13.1. The Labute approximate surface area is 627 Å². The molecule has 19 heteroatoms. The smallest absolute Gasteiger partial charge is 0.462 e. The Balaban J connectivity index is 5.56. The Hall–Kier alpha value is -6.36. The van der Waals surface area contributed by atoms with E-state index in [1.807, 2.05) is 42.5 Å². The first kappa shape index (κ1) is 97.6. The van der Waals surface area contributed by atoms with E-state index >= 15 is 0 Å². The number of esters is 4. The molecular formula is C85H132O17P2. The number of hydrogen-bond donors (Lipinski definition) is 3. The number of hydrogen-bond acceptors (Lipinski definition) is 15. The zero-order chi connectivity index (χ0) is 76.0. The number of carbonyl (C=O) groups excluding carboxylic acids is 4. The molecule has 0 bridgehead atoms. The summed E-state index contributed by atoms with van der Waals surface area (Å²) in [5.74, 6) is -2.51. The van der Waals surface area contributed by atoms with Crippen molar-refractivity contribution in [3.05, 3.63) is 207 Å². The molecule has 3 N–H and O–H groups in total. The first-order chi connectivity index (χ1) is 50.7. The fourth-order valence-electron chi connectivity index (χ4n) is 9.04. The van der Waals surface area contributed by atoms with Crippen LogP contribution in [0, 0.1) is 0 Å². The Morgan fingerprint density at radius 1 is 0.288 bits per heavy atom. The van der Waals surface area contributed by atoms with Gasteiger partial charge in [0, 0.05) is 19.3 Å². The van der Waals surface area contributed by atoms with E-state index in [4.69, 9.17) is 37.0 Å². The number of aliphatic hydroxyl groups is 1. The molecule has 0 saturated carbocycles. The van der Waals surface area contributed by atoms with Crippen molar-refractivity contribution in [3.63, 3.8) is 0 Å². The van der Waals surface area contributed by atoms with Crippen LogP contribution in [0.5, 0.6) is 0 Å². The lowest BCUT2D eigenvalue weighted by Gasteiger charge is -2.21. The zero-order valence-corrected chi connectivity index (χ0v) is 65.4. The van der Waals surface area contributed by atoms with Crippen LogP contribution in [0.15, 0.2) is 207 Å². The van der Waals surface area contributed by atoms with Gasteiger partial charge < -0.3 is 33.8 Å². The second kappa shape index (κ2) is 74.9. The van der Waals surface area contributed by atoms with E-state index in [9.17, 15) is 43.2 Å². The molecule has 5 atom stereocenters. The molecule has 17 nitrogen and oxygen atoms in total. The summed E-state index contributed by atoms with van der Waals surface area (Å²) in [6.07, 6.45) is 93.0. The lowest BCUT2D eigenvalue weighted by molar-refractivity contribution is -0.161. The Bertz CT molecular complexity index is 2790. The molecule has 0 aromatic carbocycles. The van der Waals surface area contributed by atoms with E-state index in [2.05, 4.69) is 186 Å². The lowest BCUT2D eigenvalue weighted by atomic mass is 10.1. The van der Waals surface area contributed by atoms with E-state index in [1.165, 1.54) is 19.3 Å². The summed E-state index contributed by atoms with van der Waals surface area (Å²) in [6.45, 7) is 4.18. The van der Waals surface area contributed by atoms with Gasteiger partial charge in [-0.25, -0.2) is 9.13 Å². The van der Waals surface area contributed by atoms with Crippen LogP contribution in [-0.4, -0.2) is 96.7 Å². The highest BCUT2D eigenvalue weighted by Gasteiger charge is 2.30. The molecule has 0 heterocycles. The number of carbonyl (C=O) groups is 4. The average Bonchev–Trinajstić information content (AvgIpc) is 0.918. The molecule has 0 rings (SSSR count). The molecule has 104 heavy (non-hydrogen) atoms. The van der Waals surface area contributed by atoms with Gasteiger partial charge in [-0.15, -0.1) is 0 Å². The number of ether oxygens (including phenoxy) is 4. The van der Waals surface area contributed by atoms with Gasteiger partial charge in [-0.1, -0.05) is 266 Å². The topological polar surface area (TPSA) is 237 Å². The summed E-state index contributed by atoms with van der Waals surface area (Å²) < 4.78 is 68.2. The van der Waals surface area contributed by atoms with Gasteiger partial charge in [-0.3, -0.25) is 37.3 Å². The number of aliphatic hydroxyl groups excluding tert-OH is 1. The van der Waals surface area contributed by atoms with Crippen LogP contribution in [0.1, 0.15) is 246 Å².